The number of nitrogens with one attached hydrogen (secondary N) is 2. The van der Waals surface area contributed by atoms with Gasteiger partial charge in [0.2, 0.25) is 5.41 Å². The smallest absolute Gasteiger partial charge is 0.420 e. The van der Waals surface area contributed by atoms with E-state index in [-0.39, 0.29) is 11.4 Å². The van der Waals surface area contributed by atoms with Crippen LogP contribution in [0, 0.1) is 22.9 Å². The van der Waals surface area contributed by atoms with Crippen LogP contribution in [0.5, 0.6) is 23.0 Å². The van der Waals surface area contributed by atoms with E-state index in [1.54, 1.807) is 0 Å². The summed E-state index contributed by atoms with van der Waals surface area (Å²) in [6, 6.07) is 8.36. The molecule has 4 aromatic rings. The Balaban J connectivity index is 1.74. The molecule has 49 heavy (non-hydrogen) atoms. The molecule has 256 valence electrons. The molecule has 0 aliphatic carbocycles. The highest BCUT2D eigenvalue weighted by molar-refractivity contribution is 5.57. The normalized spacial score (nSPS) is 12.4. The van der Waals surface area contributed by atoms with Gasteiger partial charge in [-0.2, -0.15) is 63.2 Å². The SMILES string of the molecule is N#CNc1ccc(Oc2ccc(C(c3ccc(Oc4ccc(NC#N)cc4C(F)(F)F)cc3)(C(F)(F)F)C(F)(F)F)cc2)c(C(F)(F)F)c1. The number of halogens is 12. The van der Waals surface area contributed by atoms with Crippen molar-refractivity contribution in [2.75, 3.05) is 10.6 Å². The maximum Gasteiger partial charge on any atom is 0.420 e. The summed E-state index contributed by atoms with van der Waals surface area (Å²) < 4.78 is 180. The third-order valence-electron chi connectivity index (χ3n) is 6.85. The second-order valence-corrected chi connectivity index (χ2v) is 9.89. The van der Waals surface area contributed by atoms with Crippen molar-refractivity contribution in [2.24, 2.45) is 0 Å². The van der Waals surface area contributed by atoms with Crippen molar-refractivity contribution < 1.29 is 62.2 Å². The largest absolute Gasteiger partial charge is 0.457 e. The van der Waals surface area contributed by atoms with Gasteiger partial charge in [-0.05, 0) is 71.8 Å². The van der Waals surface area contributed by atoms with Gasteiger partial charge in [0.1, 0.15) is 34.1 Å². The maximum absolute atomic E-state index is 14.6. The summed E-state index contributed by atoms with van der Waals surface area (Å²) in [6.45, 7) is 0. The molecule has 6 nitrogen and oxygen atoms in total. The zero-order chi connectivity index (χ0) is 36.4. The molecule has 0 aromatic heterocycles. The molecule has 0 amide bonds. The summed E-state index contributed by atoms with van der Waals surface area (Å²) in [4.78, 5) is 0. The second-order valence-electron chi connectivity index (χ2n) is 9.89. The van der Waals surface area contributed by atoms with Gasteiger partial charge in [0.05, 0.1) is 0 Å². The molecule has 0 fully saturated rings. The van der Waals surface area contributed by atoms with Crippen molar-refractivity contribution in [3.8, 4) is 35.4 Å². The van der Waals surface area contributed by atoms with Gasteiger partial charge < -0.3 is 9.47 Å². The molecule has 4 rings (SSSR count). The zero-order valence-corrected chi connectivity index (χ0v) is 23.8. The fourth-order valence-electron chi connectivity index (χ4n) is 4.75. The molecule has 0 atom stereocenters. The fraction of sp³-hybridized carbons (Fsp3) is 0.161. The Hall–Kier alpha value is -5.78. The quantitative estimate of drug-likeness (QED) is 0.108. The number of rotatable bonds is 8. The number of hydrogen-bond acceptors (Lipinski definition) is 6. The van der Waals surface area contributed by atoms with E-state index in [2.05, 4.69) is 0 Å². The van der Waals surface area contributed by atoms with Gasteiger partial charge in [0.25, 0.3) is 0 Å². The number of nitrogens with zero attached hydrogens (tertiary/aromatic N) is 2. The average molecular weight is 704 g/mol. The van der Waals surface area contributed by atoms with Crippen LogP contribution < -0.4 is 20.1 Å². The van der Waals surface area contributed by atoms with E-state index < -0.39 is 75.4 Å². The summed E-state index contributed by atoms with van der Waals surface area (Å²) in [7, 11) is 0. The molecule has 0 aliphatic rings. The second kappa shape index (κ2) is 13.0. The van der Waals surface area contributed by atoms with Crippen molar-refractivity contribution in [3.05, 3.63) is 107 Å². The summed E-state index contributed by atoms with van der Waals surface area (Å²) in [5.74, 6) is -2.90. The average Bonchev–Trinajstić information content (AvgIpc) is 2.98. The lowest BCUT2D eigenvalue weighted by Gasteiger charge is -2.38. The minimum absolute atomic E-state index is 0.277. The predicted octanol–water partition coefficient (Wildman–Crippen LogP) is 10.5. The Labute approximate surface area is 267 Å². The van der Waals surface area contributed by atoms with Crippen LogP contribution >= 0.6 is 0 Å². The van der Waals surface area contributed by atoms with Crippen molar-refractivity contribution in [1.29, 1.82) is 10.5 Å². The first-order valence-corrected chi connectivity index (χ1v) is 13.2. The third-order valence-corrected chi connectivity index (χ3v) is 6.85. The Kier molecular flexibility index (Phi) is 9.58. The Morgan fingerprint density at radius 2 is 0.796 bits per heavy atom. The van der Waals surface area contributed by atoms with E-state index >= 15 is 0 Å². The van der Waals surface area contributed by atoms with E-state index in [0.717, 1.165) is 24.3 Å². The first-order chi connectivity index (χ1) is 22.7. The Bertz CT molecular complexity index is 1750. The molecule has 0 saturated carbocycles. The number of anilines is 2. The van der Waals surface area contributed by atoms with E-state index in [0.29, 0.717) is 60.7 Å². The van der Waals surface area contributed by atoms with Gasteiger partial charge in [-0.15, -0.1) is 0 Å². The van der Waals surface area contributed by atoms with Gasteiger partial charge in [-0.3, -0.25) is 10.6 Å². The molecular weight excluding hydrogens is 688 g/mol. The van der Waals surface area contributed by atoms with Crippen LogP contribution in [0.4, 0.5) is 64.1 Å². The van der Waals surface area contributed by atoms with Gasteiger partial charge in [-0.25, -0.2) is 0 Å². The van der Waals surface area contributed by atoms with Gasteiger partial charge >= 0.3 is 24.7 Å². The molecule has 0 spiro atoms. The highest BCUT2D eigenvalue weighted by Gasteiger charge is 2.72. The predicted molar refractivity (Wildman–Crippen MR) is 147 cm³/mol. The van der Waals surface area contributed by atoms with E-state index in [1.807, 2.05) is 10.6 Å². The van der Waals surface area contributed by atoms with Crippen LogP contribution in [0.15, 0.2) is 84.9 Å². The van der Waals surface area contributed by atoms with Crippen LogP contribution in [0.2, 0.25) is 0 Å². The van der Waals surface area contributed by atoms with Crippen molar-refractivity contribution >= 4 is 11.4 Å². The highest BCUT2D eigenvalue weighted by Crippen LogP contribution is 2.56. The number of benzene rings is 4. The minimum Gasteiger partial charge on any atom is -0.457 e. The third kappa shape index (κ3) is 7.38. The lowest BCUT2D eigenvalue weighted by atomic mass is 9.73. The molecule has 0 unspecified atom stereocenters. The van der Waals surface area contributed by atoms with E-state index in [4.69, 9.17) is 20.0 Å². The first-order valence-electron chi connectivity index (χ1n) is 13.2. The van der Waals surface area contributed by atoms with Crippen molar-refractivity contribution in [3.63, 3.8) is 0 Å². The number of alkyl halides is 12. The number of ether oxygens (including phenoxy) is 2. The van der Waals surface area contributed by atoms with Gasteiger partial charge in [0, 0.05) is 11.4 Å². The lowest BCUT2D eigenvalue weighted by molar-refractivity contribution is -0.288. The molecule has 0 radical (unpaired) electrons. The van der Waals surface area contributed by atoms with Crippen LogP contribution in [0.3, 0.4) is 0 Å². The summed E-state index contributed by atoms with van der Waals surface area (Å²) in [5.41, 5.74) is -10.9. The van der Waals surface area contributed by atoms with Crippen molar-refractivity contribution in [1.82, 2.24) is 0 Å². The van der Waals surface area contributed by atoms with Crippen LogP contribution in [0.25, 0.3) is 0 Å². The molecule has 0 bridgehead atoms. The van der Waals surface area contributed by atoms with Crippen molar-refractivity contribution in [2.45, 2.75) is 30.1 Å². The van der Waals surface area contributed by atoms with Gasteiger partial charge in [-0.1, -0.05) is 24.3 Å². The molecule has 4 aromatic carbocycles. The molecule has 0 aliphatic heterocycles. The zero-order valence-electron chi connectivity index (χ0n) is 23.8. The first kappa shape index (κ1) is 36.1. The van der Waals surface area contributed by atoms with E-state index in [9.17, 15) is 52.7 Å². The molecule has 2 N–H and O–H groups in total. The number of nitriles is 2. The molecule has 18 heteroatoms. The summed E-state index contributed by atoms with van der Waals surface area (Å²) >= 11 is 0. The van der Waals surface area contributed by atoms with E-state index in [1.165, 1.54) is 12.4 Å². The standard InChI is InChI=1S/C31H16F12N4O2/c32-28(33,34)23-13-19(46-15-44)5-11-25(23)48-21-7-1-17(2-8-21)27(30(38,39)40,31(41,42)43)18-3-9-22(10-4-18)49-26-12-6-20(47-16-45)14-24(26)29(35,36)37/h1-14,46-47H. The van der Waals surface area contributed by atoms with Gasteiger partial charge in [0.15, 0.2) is 12.4 Å². The molecule has 0 saturated heterocycles. The maximum atomic E-state index is 14.6. The monoisotopic (exact) mass is 704 g/mol. The Morgan fingerprint density at radius 3 is 1.06 bits per heavy atom. The topological polar surface area (TPSA) is 90.1 Å². The molecule has 0 heterocycles. The number of hydrogen-bond donors (Lipinski definition) is 2. The minimum atomic E-state index is -6.09. The highest BCUT2D eigenvalue weighted by atomic mass is 19.4. The van der Waals surface area contributed by atoms with Crippen LogP contribution in [0.1, 0.15) is 22.3 Å². The van der Waals surface area contributed by atoms with Crippen LogP contribution in [-0.2, 0) is 17.8 Å². The summed E-state index contributed by atoms with van der Waals surface area (Å²) in [6.07, 6.45) is -19.4. The van der Waals surface area contributed by atoms with Crippen LogP contribution in [-0.4, -0.2) is 12.4 Å². The Morgan fingerprint density at radius 1 is 0.469 bits per heavy atom. The summed E-state index contributed by atoms with van der Waals surface area (Å²) in [5, 5.41) is 21.3. The fourth-order valence-corrected chi connectivity index (χ4v) is 4.75. The molecular formula is C31H16F12N4O2. The lowest BCUT2D eigenvalue weighted by Crippen LogP contribution is -2.54.